The molecule has 1 aliphatic carbocycles. The molecule has 2 unspecified atom stereocenters. The van der Waals surface area contributed by atoms with Gasteiger partial charge in [-0.2, -0.15) is 4.39 Å². The summed E-state index contributed by atoms with van der Waals surface area (Å²) in [5.74, 6) is -0.509. The number of halogens is 2. The maximum absolute atomic E-state index is 12.9. The van der Waals surface area contributed by atoms with Crippen molar-refractivity contribution >= 4 is 17.6 Å². The Labute approximate surface area is 132 Å². The van der Waals surface area contributed by atoms with Gasteiger partial charge in [0.1, 0.15) is 0 Å². The van der Waals surface area contributed by atoms with E-state index in [1.54, 1.807) is 11.5 Å². The molecule has 0 amide bonds. The van der Waals surface area contributed by atoms with Crippen LogP contribution in [-0.4, -0.2) is 22.1 Å². The number of benzene rings is 1. The van der Waals surface area contributed by atoms with Crippen LogP contribution in [0.25, 0.3) is 0 Å². The zero-order chi connectivity index (χ0) is 15.7. The Morgan fingerprint density at radius 2 is 2.36 bits per heavy atom. The predicted octanol–water partition coefficient (Wildman–Crippen LogP) is 3.39. The summed E-state index contributed by atoms with van der Waals surface area (Å²) in [5.41, 5.74) is 1.93. The van der Waals surface area contributed by atoms with Gasteiger partial charge in [-0.15, -0.1) is 0 Å². The average molecular weight is 323 g/mol. The molecule has 4 nitrogen and oxygen atoms in total. The highest BCUT2D eigenvalue weighted by atomic mass is 35.5. The number of esters is 1. The van der Waals surface area contributed by atoms with Crippen LogP contribution in [0, 0.1) is 11.9 Å². The second kappa shape index (κ2) is 6.08. The van der Waals surface area contributed by atoms with E-state index in [4.69, 9.17) is 16.3 Å². The molecule has 116 valence electrons. The maximum atomic E-state index is 12.9. The Morgan fingerprint density at radius 1 is 1.55 bits per heavy atom. The molecule has 0 bridgehead atoms. The third-order valence-electron chi connectivity index (χ3n) is 3.84. The van der Waals surface area contributed by atoms with Gasteiger partial charge in [-0.1, -0.05) is 23.7 Å². The molecule has 1 fully saturated rings. The smallest absolute Gasteiger partial charge is 0.309 e. The first-order valence-electron chi connectivity index (χ1n) is 7.20. The lowest BCUT2D eigenvalue weighted by Gasteiger charge is -2.08. The topological polar surface area (TPSA) is 44.1 Å². The van der Waals surface area contributed by atoms with Crippen LogP contribution in [0.1, 0.15) is 30.4 Å². The zero-order valence-corrected chi connectivity index (χ0v) is 12.9. The standard InChI is InChI=1S/C16H16ClFN2O2/c1-2-22-16(21)13-6-12(13)10-3-4-11(14(17)5-10)7-20-8-15(18)19-9-20/h3-5,8-9,12-13H,2,6-7H2,1H3. The van der Waals surface area contributed by atoms with Crippen molar-refractivity contribution in [2.75, 3.05) is 6.61 Å². The summed E-state index contributed by atoms with van der Waals surface area (Å²) in [6, 6.07) is 5.77. The molecule has 2 aromatic rings. The molecule has 0 aliphatic heterocycles. The van der Waals surface area contributed by atoms with E-state index < -0.39 is 5.95 Å². The van der Waals surface area contributed by atoms with Gasteiger partial charge in [-0.05, 0) is 36.5 Å². The molecule has 0 saturated heterocycles. The van der Waals surface area contributed by atoms with Crippen LogP contribution < -0.4 is 0 Å². The Morgan fingerprint density at radius 3 is 3.00 bits per heavy atom. The van der Waals surface area contributed by atoms with Crippen LogP contribution in [0.5, 0.6) is 0 Å². The highest BCUT2D eigenvalue weighted by Crippen LogP contribution is 2.48. The number of hydrogen-bond donors (Lipinski definition) is 0. The van der Waals surface area contributed by atoms with Crippen molar-refractivity contribution in [3.05, 3.63) is 52.8 Å². The van der Waals surface area contributed by atoms with Crippen molar-refractivity contribution in [2.45, 2.75) is 25.8 Å². The van der Waals surface area contributed by atoms with E-state index in [0.29, 0.717) is 18.2 Å². The summed E-state index contributed by atoms with van der Waals surface area (Å²) in [4.78, 5) is 15.2. The predicted molar refractivity (Wildman–Crippen MR) is 80.2 cm³/mol. The minimum atomic E-state index is -0.511. The number of ether oxygens (including phenoxy) is 1. The molecule has 0 radical (unpaired) electrons. The van der Waals surface area contributed by atoms with Crippen molar-refractivity contribution in [3.8, 4) is 0 Å². The SMILES string of the molecule is CCOC(=O)C1CC1c1ccc(Cn2cnc(F)c2)c(Cl)c1. The summed E-state index contributed by atoms with van der Waals surface area (Å²) >= 11 is 6.30. The molecular formula is C16H16ClFN2O2. The third kappa shape index (κ3) is 3.14. The van der Waals surface area contributed by atoms with Gasteiger partial charge >= 0.3 is 5.97 Å². The molecule has 0 N–H and O–H groups in total. The lowest BCUT2D eigenvalue weighted by molar-refractivity contribution is -0.144. The van der Waals surface area contributed by atoms with Crippen LogP contribution >= 0.6 is 11.6 Å². The minimum absolute atomic E-state index is 0.0513. The van der Waals surface area contributed by atoms with Crippen molar-refractivity contribution in [1.29, 1.82) is 0 Å². The molecular weight excluding hydrogens is 307 g/mol. The quantitative estimate of drug-likeness (QED) is 0.793. The molecule has 3 rings (SSSR count). The zero-order valence-electron chi connectivity index (χ0n) is 12.1. The fraction of sp³-hybridized carbons (Fsp3) is 0.375. The molecule has 1 saturated carbocycles. The van der Waals surface area contributed by atoms with Crippen LogP contribution in [0.4, 0.5) is 4.39 Å². The second-order valence-corrected chi connectivity index (χ2v) is 5.83. The fourth-order valence-electron chi connectivity index (χ4n) is 2.61. The van der Waals surface area contributed by atoms with Gasteiger partial charge in [0.05, 0.1) is 31.6 Å². The van der Waals surface area contributed by atoms with Crippen molar-refractivity contribution in [3.63, 3.8) is 0 Å². The van der Waals surface area contributed by atoms with Crippen LogP contribution in [0.3, 0.4) is 0 Å². The molecule has 2 atom stereocenters. The molecule has 1 heterocycles. The van der Waals surface area contributed by atoms with E-state index in [2.05, 4.69) is 4.98 Å². The molecule has 0 spiro atoms. The Kier molecular flexibility index (Phi) is 4.16. The Hall–Kier alpha value is -1.88. The van der Waals surface area contributed by atoms with Gasteiger partial charge in [-0.3, -0.25) is 4.79 Å². The summed E-state index contributed by atoms with van der Waals surface area (Å²) in [5, 5.41) is 0.612. The first-order chi connectivity index (χ1) is 10.6. The first-order valence-corrected chi connectivity index (χ1v) is 7.58. The molecule has 1 aromatic heterocycles. The highest BCUT2D eigenvalue weighted by molar-refractivity contribution is 6.31. The maximum Gasteiger partial charge on any atom is 0.309 e. The Balaban J connectivity index is 1.69. The van der Waals surface area contributed by atoms with Gasteiger partial charge in [-0.25, -0.2) is 4.98 Å². The van der Waals surface area contributed by atoms with Crippen LogP contribution in [0.2, 0.25) is 5.02 Å². The summed E-state index contributed by atoms with van der Waals surface area (Å²) in [7, 11) is 0. The molecule has 1 aliphatic rings. The number of hydrogen-bond acceptors (Lipinski definition) is 3. The third-order valence-corrected chi connectivity index (χ3v) is 4.19. The average Bonchev–Trinajstić information content (AvgIpc) is 3.18. The number of aromatic nitrogens is 2. The highest BCUT2D eigenvalue weighted by Gasteiger charge is 2.45. The van der Waals surface area contributed by atoms with E-state index in [1.165, 1.54) is 12.5 Å². The van der Waals surface area contributed by atoms with Crippen molar-refractivity contribution in [2.24, 2.45) is 5.92 Å². The normalized spacial score (nSPS) is 20.0. The van der Waals surface area contributed by atoms with Gasteiger partial charge < -0.3 is 9.30 Å². The summed E-state index contributed by atoms with van der Waals surface area (Å²) < 4.78 is 19.6. The summed E-state index contributed by atoms with van der Waals surface area (Å²) in [6.07, 6.45) is 3.56. The molecule has 6 heteroatoms. The van der Waals surface area contributed by atoms with Crippen LogP contribution in [0.15, 0.2) is 30.7 Å². The van der Waals surface area contributed by atoms with E-state index >= 15 is 0 Å². The monoisotopic (exact) mass is 322 g/mol. The number of rotatable bonds is 5. The van der Waals surface area contributed by atoms with E-state index in [-0.39, 0.29) is 17.8 Å². The van der Waals surface area contributed by atoms with Crippen molar-refractivity contribution in [1.82, 2.24) is 9.55 Å². The molecule has 22 heavy (non-hydrogen) atoms. The Bertz CT molecular complexity index is 701. The minimum Gasteiger partial charge on any atom is -0.466 e. The lowest BCUT2D eigenvalue weighted by Crippen LogP contribution is -2.07. The number of nitrogens with zero attached hydrogens (tertiary/aromatic N) is 2. The lowest BCUT2D eigenvalue weighted by atomic mass is 10.1. The second-order valence-electron chi connectivity index (χ2n) is 5.42. The van der Waals surface area contributed by atoms with E-state index in [9.17, 15) is 9.18 Å². The first kappa shape index (κ1) is 15.0. The number of carbonyl (C=O) groups is 1. The van der Waals surface area contributed by atoms with E-state index in [1.807, 2.05) is 18.2 Å². The molecule has 1 aromatic carbocycles. The van der Waals surface area contributed by atoms with E-state index in [0.717, 1.165) is 17.5 Å². The van der Waals surface area contributed by atoms with Crippen molar-refractivity contribution < 1.29 is 13.9 Å². The number of carbonyl (C=O) groups excluding carboxylic acids is 1. The van der Waals surface area contributed by atoms with Gasteiger partial charge in [0.2, 0.25) is 5.95 Å². The fourth-order valence-corrected chi connectivity index (χ4v) is 2.86. The van der Waals surface area contributed by atoms with Gasteiger partial charge in [0, 0.05) is 5.02 Å². The number of imidazole rings is 1. The largest absolute Gasteiger partial charge is 0.466 e. The summed E-state index contributed by atoms with van der Waals surface area (Å²) in [6.45, 7) is 2.67. The van der Waals surface area contributed by atoms with Gasteiger partial charge in [0.25, 0.3) is 0 Å². The van der Waals surface area contributed by atoms with Crippen LogP contribution in [-0.2, 0) is 16.1 Å². The van der Waals surface area contributed by atoms with Gasteiger partial charge in [0.15, 0.2) is 0 Å².